The molecule has 0 atom stereocenters. The Labute approximate surface area is 168 Å². The molecular weight excluding hydrogens is 376 g/mol. The molecule has 0 spiro atoms. The topological polar surface area (TPSA) is 81.2 Å². The van der Waals surface area contributed by atoms with Crippen LogP contribution in [0.3, 0.4) is 0 Å². The van der Waals surface area contributed by atoms with E-state index in [1.807, 2.05) is 54.6 Å². The zero-order valence-electron chi connectivity index (χ0n) is 15.6. The Morgan fingerprint density at radius 2 is 1.89 bits per heavy atom. The quantitative estimate of drug-likeness (QED) is 0.427. The van der Waals surface area contributed by atoms with Crippen molar-refractivity contribution in [3.8, 4) is 22.9 Å². The zero-order valence-corrected chi connectivity index (χ0v) is 16.4. The van der Waals surface area contributed by atoms with E-state index < -0.39 is 0 Å². The largest absolute Gasteiger partial charge is 0.497 e. The number of methoxy groups -OCH3 is 1. The van der Waals surface area contributed by atoms with Crippen molar-refractivity contribution in [3.63, 3.8) is 0 Å². The number of nitrogens with one attached hydrogen (secondary N) is 2. The summed E-state index contributed by atoms with van der Waals surface area (Å²) in [5.74, 6) is 2.05. The standard InChI is InChI=1S/C20H22N4O3S/c1-26-16-10-8-15(9-11-16)19-22-23-20(28)24(19)14-18(25)21-12-5-13-27-17-6-3-2-4-7-17/h2-4,6-11H,5,12-14H2,1H3,(H,21,25)(H,23,28). The van der Waals surface area contributed by atoms with Crippen molar-refractivity contribution in [1.29, 1.82) is 0 Å². The van der Waals surface area contributed by atoms with Gasteiger partial charge in [-0.05, 0) is 55.0 Å². The molecule has 146 valence electrons. The highest BCUT2D eigenvalue weighted by atomic mass is 32.1. The van der Waals surface area contributed by atoms with Crippen LogP contribution < -0.4 is 14.8 Å². The first-order valence-corrected chi connectivity index (χ1v) is 9.32. The first-order chi connectivity index (χ1) is 13.7. The summed E-state index contributed by atoms with van der Waals surface area (Å²) >= 11 is 5.27. The lowest BCUT2D eigenvalue weighted by molar-refractivity contribution is -0.121. The summed E-state index contributed by atoms with van der Waals surface area (Å²) in [7, 11) is 1.61. The van der Waals surface area contributed by atoms with E-state index in [9.17, 15) is 4.79 Å². The van der Waals surface area contributed by atoms with E-state index in [1.165, 1.54) is 0 Å². The van der Waals surface area contributed by atoms with E-state index in [0.717, 1.165) is 17.1 Å². The van der Waals surface area contributed by atoms with Crippen LogP contribution in [0.15, 0.2) is 54.6 Å². The van der Waals surface area contributed by atoms with Crippen molar-refractivity contribution in [2.75, 3.05) is 20.3 Å². The van der Waals surface area contributed by atoms with Crippen molar-refractivity contribution in [2.45, 2.75) is 13.0 Å². The second-order valence-corrected chi connectivity index (χ2v) is 6.42. The Hall–Kier alpha value is -3.13. The van der Waals surface area contributed by atoms with Crippen molar-refractivity contribution in [3.05, 3.63) is 59.4 Å². The molecule has 2 aromatic carbocycles. The summed E-state index contributed by atoms with van der Waals surface area (Å²) in [6, 6.07) is 17.0. The average molecular weight is 398 g/mol. The lowest BCUT2D eigenvalue weighted by atomic mass is 10.2. The van der Waals surface area contributed by atoms with Gasteiger partial charge in [0.25, 0.3) is 0 Å². The zero-order chi connectivity index (χ0) is 19.8. The number of benzene rings is 2. The number of hydrogen-bond donors (Lipinski definition) is 2. The molecule has 28 heavy (non-hydrogen) atoms. The minimum absolute atomic E-state index is 0.0935. The van der Waals surface area contributed by atoms with E-state index >= 15 is 0 Å². The number of carbonyl (C=O) groups is 1. The molecule has 0 saturated carbocycles. The van der Waals surface area contributed by atoms with E-state index in [-0.39, 0.29) is 12.5 Å². The SMILES string of the molecule is COc1ccc(-c2n[nH]c(=S)n2CC(=O)NCCCOc2ccccc2)cc1. The molecule has 8 heteroatoms. The summed E-state index contributed by atoms with van der Waals surface area (Å²) in [5.41, 5.74) is 0.845. The van der Waals surface area contributed by atoms with Gasteiger partial charge in [0.05, 0.1) is 13.7 Å². The number of para-hydroxylation sites is 1. The maximum atomic E-state index is 12.3. The van der Waals surface area contributed by atoms with Gasteiger partial charge in [-0.2, -0.15) is 5.10 Å². The predicted octanol–water partition coefficient (Wildman–Crippen LogP) is 3.20. The Balaban J connectivity index is 1.51. The smallest absolute Gasteiger partial charge is 0.240 e. The molecule has 3 rings (SSSR count). The van der Waals surface area contributed by atoms with Crippen LogP contribution in [-0.2, 0) is 11.3 Å². The molecule has 0 bridgehead atoms. The van der Waals surface area contributed by atoms with Crippen molar-refractivity contribution < 1.29 is 14.3 Å². The number of carbonyl (C=O) groups excluding carboxylic acids is 1. The van der Waals surface area contributed by atoms with Crippen LogP contribution in [-0.4, -0.2) is 40.9 Å². The van der Waals surface area contributed by atoms with E-state index in [4.69, 9.17) is 21.7 Å². The number of amides is 1. The molecule has 0 saturated heterocycles. The highest BCUT2D eigenvalue weighted by Crippen LogP contribution is 2.20. The molecule has 2 N–H and O–H groups in total. The molecular formula is C20H22N4O3S. The summed E-state index contributed by atoms with van der Waals surface area (Å²) in [5, 5.41) is 9.88. The Morgan fingerprint density at radius 3 is 2.61 bits per heavy atom. The third-order valence-electron chi connectivity index (χ3n) is 4.06. The Morgan fingerprint density at radius 1 is 1.14 bits per heavy atom. The average Bonchev–Trinajstić information content (AvgIpc) is 3.09. The van der Waals surface area contributed by atoms with E-state index in [0.29, 0.717) is 30.2 Å². The minimum Gasteiger partial charge on any atom is -0.497 e. The van der Waals surface area contributed by atoms with Gasteiger partial charge in [-0.25, -0.2) is 0 Å². The van der Waals surface area contributed by atoms with Gasteiger partial charge in [-0.3, -0.25) is 14.5 Å². The minimum atomic E-state index is -0.132. The van der Waals surface area contributed by atoms with Gasteiger partial charge in [0.1, 0.15) is 18.0 Å². The molecule has 0 aliphatic rings. The van der Waals surface area contributed by atoms with Crippen LogP contribution in [0.2, 0.25) is 0 Å². The maximum absolute atomic E-state index is 12.3. The van der Waals surface area contributed by atoms with Crippen LogP contribution in [0.1, 0.15) is 6.42 Å². The van der Waals surface area contributed by atoms with Crippen molar-refractivity contribution >= 4 is 18.1 Å². The summed E-state index contributed by atoms with van der Waals surface area (Å²) in [6.07, 6.45) is 0.711. The monoisotopic (exact) mass is 398 g/mol. The maximum Gasteiger partial charge on any atom is 0.240 e. The third kappa shape index (κ3) is 5.20. The van der Waals surface area contributed by atoms with Crippen molar-refractivity contribution in [1.82, 2.24) is 20.1 Å². The number of H-pyrrole nitrogens is 1. The normalized spacial score (nSPS) is 10.5. The highest BCUT2D eigenvalue weighted by molar-refractivity contribution is 7.71. The van der Waals surface area contributed by atoms with Crippen LogP contribution in [0.5, 0.6) is 11.5 Å². The molecule has 0 unspecified atom stereocenters. The molecule has 0 aliphatic heterocycles. The lowest BCUT2D eigenvalue weighted by Gasteiger charge is -2.09. The van der Waals surface area contributed by atoms with Crippen LogP contribution in [0.4, 0.5) is 0 Å². The van der Waals surface area contributed by atoms with Crippen LogP contribution >= 0.6 is 12.2 Å². The molecule has 1 aromatic heterocycles. The second-order valence-electron chi connectivity index (χ2n) is 6.03. The molecule has 0 radical (unpaired) electrons. The molecule has 1 amide bonds. The van der Waals surface area contributed by atoms with Gasteiger partial charge in [-0.15, -0.1) is 0 Å². The molecule has 7 nitrogen and oxygen atoms in total. The number of hydrogen-bond acceptors (Lipinski definition) is 5. The number of ether oxygens (including phenoxy) is 2. The van der Waals surface area contributed by atoms with Gasteiger partial charge in [0.2, 0.25) is 5.91 Å². The number of aromatic amines is 1. The molecule has 0 fully saturated rings. The predicted molar refractivity (Wildman–Crippen MR) is 109 cm³/mol. The molecule has 3 aromatic rings. The fourth-order valence-corrected chi connectivity index (χ4v) is 2.83. The molecule has 1 heterocycles. The number of nitrogens with zero attached hydrogens (tertiary/aromatic N) is 2. The van der Waals surface area contributed by atoms with Gasteiger partial charge in [0.15, 0.2) is 10.6 Å². The number of rotatable bonds is 9. The molecule has 0 aliphatic carbocycles. The van der Waals surface area contributed by atoms with Gasteiger partial charge < -0.3 is 14.8 Å². The summed E-state index contributed by atoms with van der Waals surface area (Å²) < 4.78 is 12.8. The number of aromatic nitrogens is 3. The lowest BCUT2D eigenvalue weighted by Crippen LogP contribution is -2.29. The summed E-state index contributed by atoms with van der Waals surface area (Å²) in [4.78, 5) is 12.3. The van der Waals surface area contributed by atoms with Crippen LogP contribution in [0, 0.1) is 4.77 Å². The third-order valence-corrected chi connectivity index (χ3v) is 4.38. The van der Waals surface area contributed by atoms with Crippen LogP contribution in [0.25, 0.3) is 11.4 Å². The van der Waals surface area contributed by atoms with Gasteiger partial charge >= 0.3 is 0 Å². The first kappa shape index (κ1) is 19.6. The van der Waals surface area contributed by atoms with Gasteiger partial charge in [0, 0.05) is 12.1 Å². The Bertz CT molecular complexity index is 952. The van der Waals surface area contributed by atoms with Gasteiger partial charge in [-0.1, -0.05) is 18.2 Å². The van der Waals surface area contributed by atoms with E-state index in [2.05, 4.69) is 15.5 Å². The summed E-state index contributed by atoms with van der Waals surface area (Å²) in [6.45, 7) is 1.15. The first-order valence-electron chi connectivity index (χ1n) is 8.91. The highest BCUT2D eigenvalue weighted by Gasteiger charge is 2.12. The Kier molecular flexibility index (Phi) is 6.80. The van der Waals surface area contributed by atoms with Crippen molar-refractivity contribution in [2.24, 2.45) is 0 Å². The fraction of sp³-hybridized carbons (Fsp3) is 0.250. The van der Waals surface area contributed by atoms with E-state index in [1.54, 1.807) is 11.7 Å². The fourth-order valence-electron chi connectivity index (χ4n) is 2.63. The second kappa shape index (κ2) is 9.70.